The Labute approximate surface area is 366 Å². The maximum Gasteiger partial charge on any atom is 0.472 e. The highest BCUT2D eigenvalue weighted by molar-refractivity contribution is 7.47. The molecule has 0 aromatic carbocycles. The van der Waals surface area contributed by atoms with Gasteiger partial charge < -0.3 is 25.2 Å². The summed E-state index contributed by atoms with van der Waals surface area (Å²) in [5, 5.41) is 10.1. The third kappa shape index (κ3) is 43.7. The van der Waals surface area contributed by atoms with E-state index in [1.807, 2.05) is 36.5 Å². The molecule has 0 rings (SSSR count). The van der Waals surface area contributed by atoms with Gasteiger partial charge in [-0.3, -0.25) is 18.6 Å². The van der Waals surface area contributed by atoms with E-state index < -0.39 is 38.6 Å². The van der Waals surface area contributed by atoms with E-state index in [0.29, 0.717) is 32.1 Å². The molecule has 0 amide bonds. The maximum absolute atomic E-state index is 12.6. The molecule has 0 aliphatic heterocycles. The number of esters is 2. The average Bonchev–Trinajstić information content (AvgIpc) is 3.23. The van der Waals surface area contributed by atoms with Crippen LogP contribution in [-0.4, -0.2) is 60.5 Å². The Morgan fingerprint density at radius 1 is 0.583 bits per heavy atom. The van der Waals surface area contributed by atoms with Crippen molar-refractivity contribution in [3.05, 3.63) is 60.8 Å². The second-order valence-corrected chi connectivity index (χ2v) is 17.3. The van der Waals surface area contributed by atoms with E-state index >= 15 is 0 Å². The van der Waals surface area contributed by atoms with Crippen LogP contribution in [0.15, 0.2) is 60.8 Å². The van der Waals surface area contributed by atoms with Gasteiger partial charge in [0, 0.05) is 19.4 Å². The molecule has 11 heteroatoms. The highest BCUT2D eigenvalue weighted by Crippen LogP contribution is 2.43. The number of aliphatic hydroxyl groups excluding tert-OH is 1. The molecule has 0 fully saturated rings. The van der Waals surface area contributed by atoms with Crippen LogP contribution in [0.25, 0.3) is 0 Å². The van der Waals surface area contributed by atoms with Crippen molar-refractivity contribution >= 4 is 19.8 Å². The number of phosphoric acid groups is 1. The molecule has 0 aliphatic rings. The fraction of sp³-hybridized carbons (Fsp3) is 0.755. The molecule has 0 aromatic rings. The van der Waals surface area contributed by atoms with Crippen LogP contribution >= 0.6 is 7.82 Å². The maximum atomic E-state index is 12.6. The summed E-state index contributed by atoms with van der Waals surface area (Å²) in [6, 6.07) is 0. The van der Waals surface area contributed by atoms with Crippen molar-refractivity contribution in [2.45, 2.75) is 212 Å². The fourth-order valence-electron chi connectivity index (χ4n) is 6.35. The number of carbonyl (C=O) groups is 2. The zero-order valence-electron chi connectivity index (χ0n) is 38.0. The first-order valence-electron chi connectivity index (χ1n) is 23.9. The van der Waals surface area contributed by atoms with Crippen LogP contribution in [0.2, 0.25) is 0 Å². The van der Waals surface area contributed by atoms with Crippen LogP contribution in [0.3, 0.4) is 0 Å². The lowest BCUT2D eigenvalue weighted by Crippen LogP contribution is -2.29. The third-order valence-corrected chi connectivity index (χ3v) is 10.9. The molecule has 0 bridgehead atoms. The van der Waals surface area contributed by atoms with Crippen molar-refractivity contribution in [2.75, 3.05) is 26.4 Å². The Hall–Kier alpha value is -2.33. The van der Waals surface area contributed by atoms with Crippen LogP contribution < -0.4 is 5.73 Å². The molecular weight excluding hydrogens is 778 g/mol. The lowest BCUT2D eigenvalue weighted by Gasteiger charge is -2.19. The summed E-state index contributed by atoms with van der Waals surface area (Å²) in [5.41, 5.74) is 5.35. The summed E-state index contributed by atoms with van der Waals surface area (Å²) in [7, 11) is -4.41. The predicted molar refractivity (Wildman–Crippen MR) is 249 cm³/mol. The number of nitrogens with two attached hydrogens (primary N) is 1. The molecule has 0 aromatic heterocycles. The normalized spacial score (nSPS) is 14.3. The molecular formula is C49H88NO9P. The van der Waals surface area contributed by atoms with Gasteiger partial charge in [0.2, 0.25) is 0 Å². The van der Waals surface area contributed by atoms with Crippen molar-refractivity contribution < 1.29 is 42.7 Å². The number of carbonyl (C=O) groups excluding carboxylic acids is 2. The molecule has 348 valence electrons. The van der Waals surface area contributed by atoms with Gasteiger partial charge in [0.15, 0.2) is 6.10 Å². The number of allylic oxidation sites excluding steroid dienone is 8. The first-order valence-corrected chi connectivity index (χ1v) is 25.4. The van der Waals surface area contributed by atoms with Crippen molar-refractivity contribution in [3.8, 4) is 0 Å². The van der Waals surface area contributed by atoms with E-state index in [1.165, 1.54) is 116 Å². The average molecular weight is 866 g/mol. The Morgan fingerprint density at radius 3 is 1.72 bits per heavy atom. The first kappa shape index (κ1) is 57.7. The summed E-state index contributed by atoms with van der Waals surface area (Å²) in [6.45, 7) is 3.55. The summed E-state index contributed by atoms with van der Waals surface area (Å²) in [5.74, 6) is -0.936. The van der Waals surface area contributed by atoms with Crippen molar-refractivity contribution in [1.82, 2.24) is 0 Å². The second-order valence-electron chi connectivity index (χ2n) is 15.8. The van der Waals surface area contributed by atoms with Gasteiger partial charge in [-0.2, -0.15) is 0 Å². The van der Waals surface area contributed by atoms with E-state index in [2.05, 4.69) is 32.1 Å². The molecule has 0 saturated carbocycles. The summed E-state index contributed by atoms with van der Waals surface area (Å²) >= 11 is 0. The molecule has 10 nitrogen and oxygen atoms in total. The quantitative estimate of drug-likeness (QED) is 0.0177. The highest BCUT2D eigenvalue weighted by Gasteiger charge is 2.26. The van der Waals surface area contributed by atoms with Crippen LogP contribution in [-0.2, 0) is 32.7 Å². The lowest BCUT2D eigenvalue weighted by atomic mass is 10.0. The minimum absolute atomic E-state index is 0.0324. The van der Waals surface area contributed by atoms with Gasteiger partial charge in [-0.1, -0.05) is 177 Å². The van der Waals surface area contributed by atoms with E-state index in [9.17, 15) is 24.2 Å². The van der Waals surface area contributed by atoms with E-state index in [1.54, 1.807) is 6.08 Å². The monoisotopic (exact) mass is 866 g/mol. The molecule has 3 atom stereocenters. The van der Waals surface area contributed by atoms with Gasteiger partial charge in [0.1, 0.15) is 6.61 Å². The zero-order chi connectivity index (χ0) is 44.0. The fourth-order valence-corrected chi connectivity index (χ4v) is 7.11. The molecule has 0 spiro atoms. The second kappa shape index (κ2) is 44.7. The molecule has 60 heavy (non-hydrogen) atoms. The topological polar surface area (TPSA) is 155 Å². The third-order valence-electron chi connectivity index (χ3n) is 9.96. The Balaban J connectivity index is 4.21. The predicted octanol–water partition coefficient (Wildman–Crippen LogP) is 13.0. The zero-order valence-corrected chi connectivity index (χ0v) is 38.9. The first-order chi connectivity index (χ1) is 29.2. The molecule has 0 saturated heterocycles. The summed E-state index contributed by atoms with van der Waals surface area (Å²) < 4.78 is 32.8. The number of rotatable bonds is 44. The number of ether oxygens (including phenoxy) is 2. The number of phosphoric ester groups is 1. The van der Waals surface area contributed by atoms with Gasteiger partial charge in [-0.25, -0.2) is 4.57 Å². The number of unbranched alkanes of at least 4 members (excludes halogenated alkanes) is 21. The Kier molecular flexibility index (Phi) is 43.0. The van der Waals surface area contributed by atoms with Crippen LogP contribution in [0.4, 0.5) is 0 Å². The van der Waals surface area contributed by atoms with Gasteiger partial charge >= 0.3 is 19.8 Å². The molecule has 4 N–H and O–H groups in total. The SMILES string of the molecule is CCCCC/C=C\C=C/[C@H](O)C/C=C\C/C=C/CCCC(=O)O[C@H](COC(=O)CCCCCCCCCCCCC/C=C\CCCCCCCC)COP(=O)(O)OCCN. The minimum atomic E-state index is -4.41. The van der Waals surface area contributed by atoms with Crippen molar-refractivity contribution in [3.63, 3.8) is 0 Å². The Morgan fingerprint density at radius 2 is 1.08 bits per heavy atom. The number of hydrogen-bond donors (Lipinski definition) is 3. The van der Waals surface area contributed by atoms with Crippen LogP contribution in [0, 0.1) is 0 Å². The summed E-state index contributed by atoms with van der Waals surface area (Å²) in [4.78, 5) is 34.9. The molecule has 1 unspecified atom stereocenters. The standard InChI is InChI=1S/C49H88NO9P/c1-3-5-7-9-11-12-13-14-15-16-17-18-19-20-21-22-23-24-28-32-36-40-48(52)56-44-47(45-58-60(54,55)57-43-42-50)59-49(53)41-37-33-29-25-27-31-35-39-46(51)38-34-30-26-10-8-6-4-2/h14-15,25-26,29-31,34-35,38,46-47,51H,3-13,16-24,27-28,32-33,36-37,39-45,50H2,1-2H3,(H,54,55)/b15-14-,29-25+,30-26-,35-31-,38-34-/t46-,47+/m0/s1. The van der Waals surface area contributed by atoms with Gasteiger partial charge in [0.25, 0.3) is 0 Å². The molecule has 0 radical (unpaired) electrons. The summed E-state index contributed by atoms with van der Waals surface area (Å²) in [6.07, 6.45) is 50.0. The largest absolute Gasteiger partial charge is 0.472 e. The number of hydrogen-bond acceptors (Lipinski definition) is 9. The lowest BCUT2D eigenvalue weighted by molar-refractivity contribution is -0.161. The van der Waals surface area contributed by atoms with E-state index in [0.717, 1.165) is 25.7 Å². The van der Waals surface area contributed by atoms with Crippen molar-refractivity contribution in [2.24, 2.45) is 5.73 Å². The number of aliphatic hydroxyl groups is 1. The minimum Gasteiger partial charge on any atom is -0.462 e. The smallest absolute Gasteiger partial charge is 0.462 e. The van der Waals surface area contributed by atoms with Gasteiger partial charge in [0.05, 0.1) is 19.3 Å². The van der Waals surface area contributed by atoms with Gasteiger partial charge in [-0.05, 0) is 70.6 Å². The van der Waals surface area contributed by atoms with E-state index in [4.69, 9.17) is 24.3 Å². The Bertz CT molecular complexity index is 1190. The van der Waals surface area contributed by atoms with Crippen LogP contribution in [0.1, 0.15) is 200 Å². The van der Waals surface area contributed by atoms with Crippen molar-refractivity contribution in [1.29, 1.82) is 0 Å². The van der Waals surface area contributed by atoms with E-state index in [-0.39, 0.29) is 32.6 Å². The molecule has 0 heterocycles. The van der Waals surface area contributed by atoms with Crippen LogP contribution in [0.5, 0.6) is 0 Å². The molecule has 0 aliphatic carbocycles. The van der Waals surface area contributed by atoms with Gasteiger partial charge in [-0.15, -0.1) is 0 Å². The highest BCUT2D eigenvalue weighted by atomic mass is 31.2.